The van der Waals surface area contributed by atoms with E-state index in [0.29, 0.717) is 23.9 Å². The fourth-order valence-electron chi connectivity index (χ4n) is 1.62. The number of ether oxygens (including phenoxy) is 1. The van der Waals surface area contributed by atoms with Gasteiger partial charge in [-0.2, -0.15) is 0 Å². The van der Waals surface area contributed by atoms with Gasteiger partial charge in [-0.3, -0.25) is 4.21 Å². The van der Waals surface area contributed by atoms with Crippen LogP contribution in [0.1, 0.15) is 26.7 Å². The lowest BCUT2D eigenvalue weighted by molar-refractivity contribution is 0.414. The monoisotopic (exact) mass is 300 g/mol. The number of aromatic nitrogens is 2. The molecule has 2 atom stereocenters. The number of anilines is 2. The number of nitrogens with one attached hydrogen (secondary N) is 2. The van der Waals surface area contributed by atoms with E-state index in [1.54, 1.807) is 13.4 Å². The molecular weight excluding hydrogens is 276 g/mol. The fourth-order valence-corrected chi connectivity index (χ4v) is 2.07. The van der Waals surface area contributed by atoms with Crippen molar-refractivity contribution in [2.75, 3.05) is 37.1 Å². The Hall–Kier alpha value is -1.37. The van der Waals surface area contributed by atoms with E-state index in [-0.39, 0.29) is 5.25 Å². The van der Waals surface area contributed by atoms with Gasteiger partial charge < -0.3 is 15.4 Å². The molecule has 114 valence electrons. The Bertz CT molecular complexity index is 442. The highest BCUT2D eigenvalue weighted by Gasteiger charge is 2.12. The smallest absolute Gasteiger partial charge is 0.204 e. The van der Waals surface area contributed by atoms with Crippen LogP contribution in [-0.2, 0) is 10.8 Å². The van der Waals surface area contributed by atoms with Crippen LogP contribution in [0.3, 0.4) is 0 Å². The molecule has 7 heteroatoms. The van der Waals surface area contributed by atoms with Gasteiger partial charge in [0.15, 0.2) is 11.6 Å². The molecule has 0 fully saturated rings. The van der Waals surface area contributed by atoms with E-state index >= 15 is 0 Å². The Balaban J connectivity index is 2.67. The summed E-state index contributed by atoms with van der Waals surface area (Å²) in [5, 5.41) is 6.58. The summed E-state index contributed by atoms with van der Waals surface area (Å²) in [7, 11) is 0.802. The van der Waals surface area contributed by atoms with Crippen LogP contribution >= 0.6 is 0 Å². The summed E-state index contributed by atoms with van der Waals surface area (Å²) in [5.74, 6) is 1.97. The molecule has 0 aliphatic heterocycles. The molecule has 6 nitrogen and oxygen atoms in total. The molecule has 1 rings (SSSR count). The van der Waals surface area contributed by atoms with Gasteiger partial charge in [-0.25, -0.2) is 9.97 Å². The molecule has 1 aromatic heterocycles. The van der Waals surface area contributed by atoms with Gasteiger partial charge in [0.25, 0.3) is 0 Å². The average Bonchev–Trinajstić information content (AvgIpc) is 2.44. The summed E-state index contributed by atoms with van der Waals surface area (Å²) in [4.78, 5) is 8.38. The Labute approximate surface area is 123 Å². The fraction of sp³-hybridized carbons (Fsp3) is 0.692. The van der Waals surface area contributed by atoms with E-state index in [1.807, 2.05) is 6.92 Å². The van der Waals surface area contributed by atoms with Gasteiger partial charge in [-0.1, -0.05) is 13.8 Å². The summed E-state index contributed by atoms with van der Waals surface area (Å²) in [6.45, 7) is 5.59. The quantitative estimate of drug-likeness (QED) is 0.725. The molecule has 2 N–H and O–H groups in total. The van der Waals surface area contributed by atoms with Crippen molar-refractivity contribution in [3.63, 3.8) is 0 Å². The molecule has 1 heterocycles. The van der Waals surface area contributed by atoms with Crippen molar-refractivity contribution in [2.45, 2.75) is 31.9 Å². The maximum atomic E-state index is 11.3. The highest BCUT2D eigenvalue weighted by Crippen LogP contribution is 2.28. The molecule has 0 amide bonds. The zero-order chi connectivity index (χ0) is 15.0. The Morgan fingerprint density at radius 2 is 1.90 bits per heavy atom. The predicted molar refractivity (Wildman–Crippen MR) is 84.0 cm³/mol. The van der Waals surface area contributed by atoms with E-state index in [9.17, 15) is 4.21 Å². The van der Waals surface area contributed by atoms with E-state index in [1.165, 1.54) is 6.33 Å². The minimum atomic E-state index is -0.800. The third kappa shape index (κ3) is 4.96. The third-order valence-corrected chi connectivity index (χ3v) is 4.33. The summed E-state index contributed by atoms with van der Waals surface area (Å²) >= 11 is 0. The van der Waals surface area contributed by atoms with Crippen LogP contribution < -0.4 is 15.4 Å². The van der Waals surface area contributed by atoms with Crippen LogP contribution in [0.4, 0.5) is 11.6 Å². The van der Waals surface area contributed by atoms with Crippen LogP contribution in [0, 0.1) is 0 Å². The maximum absolute atomic E-state index is 11.3. The first-order valence-corrected chi connectivity index (χ1v) is 8.41. The van der Waals surface area contributed by atoms with Crippen LogP contribution in [-0.4, -0.2) is 45.9 Å². The van der Waals surface area contributed by atoms with Crippen molar-refractivity contribution in [2.24, 2.45) is 0 Å². The molecule has 0 aliphatic rings. The summed E-state index contributed by atoms with van der Waals surface area (Å²) in [6, 6.07) is 0. The lowest BCUT2D eigenvalue weighted by atomic mass is 10.3. The standard InChI is InChI=1S/C13H24N4O2S/c1-5-7-14-12-11(19-3)13(17-9-16-12)15-8-6-10(2)20(4)18/h9-10H,5-8H2,1-4H3,(H2,14,15,16,17). The molecular formula is C13H24N4O2S. The van der Waals surface area contributed by atoms with E-state index in [4.69, 9.17) is 4.74 Å². The summed E-state index contributed by atoms with van der Waals surface area (Å²) in [5.41, 5.74) is 0. The second-order valence-electron chi connectivity index (χ2n) is 4.56. The zero-order valence-corrected chi connectivity index (χ0v) is 13.4. The second-order valence-corrected chi connectivity index (χ2v) is 6.36. The molecule has 1 aromatic rings. The number of hydrogen-bond acceptors (Lipinski definition) is 6. The number of nitrogens with zero attached hydrogens (tertiary/aromatic N) is 2. The topological polar surface area (TPSA) is 76.1 Å². The molecule has 0 saturated carbocycles. The van der Waals surface area contributed by atoms with Crippen molar-refractivity contribution in [1.82, 2.24) is 9.97 Å². The number of methoxy groups -OCH3 is 1. The van der Waals surface area contributed by atoms with Gasteiger partial charge in [0.05, 0.1) is 7.11 Å². The van der Waals surface area contributed by atoms with Gasteiger partial charge in [-0.05, 0) is 12.8 Å². The van der Waals surface area contributed by atoms with Crippen molar-refractivity contribution in [3.8, 4) is 5.75 Å². The molecule has 20 heavy (non-hydrogen) atoms. The minimum absolute atomic E-state index is 0.160. The highest BCUT2D eigenvalue weighted by molar-refractivity contribution is 7.84. The number of rotatable bonds is 9. The third-order valence-electron chi connectivity index (χ3n) is 2.96. The minimum Gasteiger partial charge on any atom is -0.490 e. The van der Waals surface area contributed by atoms with Gasteiger partial charge >= 0.3 is 0 Å². The SMILES string of the molecule is CCCNc1ncnc(NCCC(C)S(C)=O)c1OC. The molecule has 2 unspecified atom stereocenters. The Kier molecular flexibility index (Phi) is 7.28. The molecule has 0 bridgehead atoms. The zero-order valence-electron chi connectivity index (χ0n) is 12.6. The normalized spacial score (nSPS) is 13.6. The first kappa shape index (κ1) is 16.7. The second kappa shape index (κ2) is 8.73. The van der Waals surface area contributed by atoms with Crippen molar-refractivity contribution in [3.05, 3.63) is 6.33 Å². The van der Waals surface area contributed by atoms with Crippen LogP contribution in [0.15, 0.2) is 6.33 Å². The summed E-state index contributed by atoms with van der Waals surface area (Å²) in [6.07, 6.45) is 5.05. The highest BCUT2D eigenvalue weighted by atomic mass is 32.2. The largest absolute Gasteiger partial charge is 0.490 e. The van der Waals surface area contributed by atoms with Gasteiger partial charge in [0, 0.05) is 35.4 Å². The van der Waals surface area contributed by atoms with Gasteiger partial charge in [0.2, 0.25) is 5.75 Å². The van der Waals surface area contributed by atoms with Crippen LogP contribution in [0.5, 0.6) is 5.75 Å². The lowest BCUT2D eigenvalue weighted by Crippen LogP contribution is -2.16. The van der Waals surface area contributed by atoms with E-state index in [2.05, 4.69) is 27.5 Å². The first-order chi connectivity index (χ1) is 9.60. The Morgan fingerprint density at radius 3 is 2.40 bits per heavy atom. The van der Waals surface area contributed by atoms with Gasteiger partial charge in [-0.15, -0.1) is 0 Å². The Morgan fingerprint density at radius 1 is 1.30 bits per heavy atom. The van der Waals surface area contributed by atoms with E-state index in [0.717, 1.165) is 19.4 Å². The molecule has 0 aromatic carbocycles. The van der Waals surface area contributed by atoms with Crippen molar-refractivity contribution in [1.29, 1.82) is 0 Å². The molecule has 0 aliphatic carbocycles. The van der Waals surface area contributed by atoms with Crippen LogP contribution in [0.2, 0.25) is 0 Å². The van der Waals surface area contributed by atoms with E-state index < -0.39 is 10.8 Å². The summed E-state index contributed by atoms with van der Waals surface area (Å²) < 4.78 is 16.7. The van der Waals surface area contributed by atoms with Gasteiger partial charge in [0.1, 0.15) is 6.33 Å². The predicted octanol–water partition coefficient (Wildman–Crippen LogP) is 1.88. The van der Waals surface area contributed by atoms with Crippen molar-refractivity contribution >= 4 is 22.4 Å². The average molecular weight is 300 g/mol. The molecule has 0 radical (unpaired) electrons. The molecule has 0 spiro atoms. The van der Waals surface area contributed by atoms with Crippen LogP contribution in [0.25, 0.3) is 0 Å². The number of hydrogen-bond donors (Lipinski definition) is 2. The maximum Gasteiger partial charge on any atom is 0.204 e. The first-order valence-electron chi connectivity index (χ1n) is 6.79. The lowest BCUT2D eigenvalue weighted by Gasteiger charge is -2.14. The van der Waals surface area contributed by atoms with Crippen molar-refractivity contribution < 1.29 is 8.95 Å². The molecule has 0 saturated heterocycles.